The third-order valence-corrected chi connectivity index (χ3v) is 4.43. The van der Waals surface area contributed by atoms with Gasteiger partial charge in [0.1, 0.15) is 0 Å². The van der Waals surface area contributed by atoms with Gasteiger partial charge in [-0.1, -0.05) is 19.1 Å². The molecule has 0 aromatic rings. The molecule has 3 heteroatoms. The summed E-state index contributed by atoms with van der Waals surface area (Å²) in [5, 5.41) is 0. The summed E-state index contributed by atoms with van der Waals surface area (Å²) in [4.78, 5) is 14.7. The second-order valence-corrected chi connectivity index (χ2v) is 5.47. The first-order valence-corrected chi connectivity index (χ1v) is 7.61. The molecule has 112 valence electrons. The normalized spacial score (nSPS) is 25.9. The number of nitrogens with zero attached hydrogens (tertiary/aromatic N) is 1. The average Bonchev–Trinajstić information content (AvgIpc) is 3.20. The first kappa shape index (κ1) is 16.7. The molecule has 0 saturated heterocycles. The number of allylic oxidation sites excluding steroid dienone is 3. The van der Waals surface area contributed by atoms with Crippen molar-refractivity contribution in [1.29, 1.82) is 0 Å². The van der Waals surface area contributed by atoms with E-state index in [1.54, 1.807) is 0 Å². The van der Waals surface area contributed by atoms with E-state index in [1.165, 1.54) is 0 Å². The van der Waals surface area contributed by atoms with Crippen molar-refractivity contribution in [1.82, 2.24) is 4.90 Å². The van der Waals surface area contributed by atoms with Crippen molar-refractivity contribution in [2.24, 2.45) is 23.0 Å². The van der Waals surface area contributed by atoms with Crippen LogP contribution in [-0.4, -0.2) is 30.4 Å². The lowest BCUT2D eigenvalue weighted by Crippen LogP contribution is -2.41. The van der Waals surface area contributed by atoms with E-state index in [0.717, 1.165) is 19.5 Å². The van der Waals surface area contributed by atoms with Crippen LogP contribution < -0.4 is 5.73 Å². The zero-order valence-corrected chi connectivity index (χ0v) is 13.2. The van der Waals surface area contributed by atoms with Gasteiger partial charge < -0.3 is 10.6 Å². The van der Waals surface area contributed by atoms with Crippen LogP contribution in [0.2, 0.25) is 0 Å². The summed E-state index contributed by atoms with van der Waals surface area (Å²) >= 11 is 0. The van der Waals surface area contributed by atoms with Crippen LogP contribution in [0.25, 0.3) is 0 Å². The molecule has 1 aliphatic carbocycles. The topological polar surface area (TPSA) is 46.3 Å². The van der Waals surface area contributed by atoms with Gasteiger partial charge in [0.25, 0.3) is 0 Å². The van der Waals surface area contributed by atoms with Crippen LogP contribution in [0.5, 0.6) is 0 Å². The highest BCUT2D eigenvalue weighted by molar-refractivity contribution is 5.86. The van der Waals surface area contributed by atoms with Gasteiger partial charge in [0.15, 0.2) is 0 Å². The minimum atomic E-state index is -0.294. The maximum atomic E-state index is 12.8. The fourth-order valence-corrected chi connectivity index (χ4v) is 2.96. The Bertz CT molecular complexity index is 417. The maximum absolute atomic E-state index is 12.8. The van der Waals surface area contributed by atoms with Gasteiger partial charge in [-0.2, -0.15) is 0 Å². The van der Waals surface area contributed by atoms with E-state index in [2.05, 4.69) is 12.7 Å². The van der Waals surface area contributed by atoms with Gasteiger partial charge >= 0.3 is 0 Å². The van der Waals surface area contributed by atoms with Crippen LogP contribution in [0, 0.1) is 17.3 Å². The van der Waals surface area contributed by atoms with Crippen LogP contribution in [0.1, 0.15) is 34.1 Å². The molecule has 3 atom stereocenters. The first-order valence-electron chi connectivity index (χ1n) is 7.61. The van der Waals surface area contributed by atoms with Crippen molar-refractivity contribution in [3.8, 4) is 0 Å². The fourth-order valence-electron chi connectivity index (χ4n) is 2.96. The third kappa shape index (κ3) is 3.23. The summed E-state index contributed by atoms with van der Waals surface area (Å²) in [7, 11) is 0. The van der Waals surface area contributed by atoms with Crippen molar-refractivity contribution in [2.45, 2.75) is 34.1 Å². The van der Waals surface area contributed by atoms with Gasteiger partial charge in [-0.15, -0.1) is 5.73 Å². The molecule has 0 aliphatic heterocycles. The zero-order chi connectivity index (χ0) is 15.2. The van der Waals surface area contributed by atoms with Crippen LogP contribution in [0.3, 0.4) is 0 Å². The van der Waals surface area contributed by atoms with Gasteiger partial charge in [-0.05, 0) is 57.7 Å². The standard InChI is InChI=1S/C17H28N2O/c1-5-8-9-10-11-14(4)17(12-15(17)13-18)16(20)19(6-2)7-3/h5,8-9,11,14-15H,6-7,12-13,18H2,1-4H3/b8-5-. The number of hydrogen-bond acceptors (Lipinski definition) is 2. The Balaban J connectivity index is 2.93. The molecule has 1 saturated carbocycles. The van der Waals surface area contributed by atoms with Crippen molar-refractivity contribution >= 4 is 5.91 Å². The number of carbonyl (C=O) groups excluding carboxylic acids is 1. The molecule has 0 aromatic heterocycles. The Labute approximate surface area is 123 Å². The van der Waals surface area contributed by atoms with Gasteiger partial charge in [0.05, 0.1) is 5.41 Å². The van der Waals surface area contributed by atoms with Gasteiger partial charge in [-0.25, -0.2) is 0 Å². The minimum Gasteiger partial charge on any atom is -0.343 e. The van der Waals surface area contributed by atoms with Gasteiger partial charge in [0, 0.05) is 13.1 Å². The molecule has 0 spiro atoms. The lowest BCUT2D eigenvalue weighted by molar-refractivity contribution is -0.138. The largest absolute Gasteiger partial charge is 0.343 e. The molecule has 1 rings (SSSR count). The second-order valence-electron chi connectivity index (χ2n) is 5.47. The Kier molecular flexibility index (Phi) is 6.25. The third-order valence-electron chi connectivity index (χ3n) is 4.43. The molecule has 0 aromatic carbocycles. The molecule has 1 fully saturated rings. The average molecular weight is 276 g/mol. The number of rotatable bonds is 7. The van der Waals surface area contributed by atoms with E-state index in [4.69, 9.17) is 5.73 Å². The summed E-state index contributed by atoms with van der Waals surface area (Å²) < 4.78 is 0. The smallest absolute Gasteiger partial charge is 0.229 e. The monoisotopic (exact) mass is 276 g/mol. The van der Waals surface area contributed by atoms with E-state index >= 15 is 0 Å². The van der Waals surface area contributed by atoms with Crippen LogP contribution in [0.15, 0.2) is 30.0 Å². The number of amides is 1. The lowest BCUT2D eigenvalue weighted by atomic mass is 9.86. The molecule has 2 N–H and O–H groups in total. The Morgan fingerprint density at radius 3 is 2.60 bits per heavy atom. The van der Waals surface area contributed by atoms with Crippen LogP contribution in [-0.2, 0) is 4.79 Å². The molecular formula is C17H28N2O. The predicted octanol–water partition coefficient (Wildman–Crippen LogP) is 2.74. The van der Waals surface area contributed by atoms with Crippen LogP contribution >= 0.6 is 0 Å². The first-order chi connectivity index (χ1) is 9.58. The van der Waals surface area contributed by atoms with E-state index in [0.29, 0.717) is 12.5 Å². The van der Waals surface area contributed by atoms with E-state index in [1.807, 2.05) is 50.0 Å². The summed E-state index contributed by atoms with van der Waals surface area (Å²) in [6, 6.07) is 0. The molecule has 20 heavy (non-hydrogen) atoms. The van der Waals surface area contributed by atoms with Gasteiger partial charge in [0.2, 0.25) is 5.91 Å². The minimum absolute atomic E-state index is 0.172. The van der Waals surface area contributed by atoms with Gasteiger partial charge in [-0.3, -0.25) is 4.79 Å². The number of nitrogens with two attached hydrogens (primary N) is 1. The number of hydrogen-bond donors (Lipinski definition) is 1. The molecule has 0 heterocycles. The molecule has 1 aliphatic rings. The van der Waals surface area contributed by atoms with Crippen molar-refractivity contribution in [3.63, 3.8) is 0 Å². The molecular weight excluding hydrogens is 248 g/mol. The maximum Gasteiger partial charge on any atom is 0.229 e. The highest BCUT2D eigenvalue weighted by atomic mass is 16.2. The molecule has 1 amide bonds. The van der Waals surface area contributed by atoms with Crippen LogP contribution in [0.4, 0.5) is 0 Å². The quantitative estimate of drug-likeness (QED) is 0.574. The second kappa shape index (κ2) is 7.47. The molecule has 3 unspecified atom stereocenters. The van der Waals surface area contributed by atoms with E-state index in [-0.39, 0.29) is 17.2 Å². The van der Waals surface area contributed by atoms with Crippen molar-refractivity contribution in [3.05, 3.63) is 30.0 Å². The van der Waals surface area contributed by atoms with Crippen molar-refractivity contribution in [2.75, 3.05) is 19.6 Å². The highest BCUT2D eigenvalue weighted by Gasteiger charge is 2.62. The highest BCUT2D eigenvalue weighted by Crippen LogP contribution is 2.58. The SMILES string of the molecule is C/C=C\C=C=CC(C)C1(C(=O)N(CC)CC)CC1CN. The Morgan fingerprint density at radius 2 is 2.15 bits per heavy atom. The molecule has 0 radical (unpaired) electrons. The molecule has 3 nitrogen and oxygen atoms in total. The summed E-state index contributed by atoms with van der Waals surface area (Å²) in [5.41, 5.74) is 8.68. The fraction of sp³-hybridized carbons (Fsp3) is 0.647. The summed E-state index contributed by atoms with van der Waals surface area (Å²) in [6.07, 6.45) is 8.70. The number of carbonyl (C=O) groups is 1. The van der Waals surface area contributed by atoms with Crippen molar-refractivity contribution < 1.29 is 4.79 Å². The predicted molar refractivity (Wildman–Crippen MR) is 84.2 cm³/mol. The lowest BCUT2D eigenvalue weighted by Gasteiger charge is -2.28. The summed E-state index contributed by atoms with van der Waals surface area (Å²) in [6.45, 7) is 10.2. The molecule has 0 bridgehead atoms. The van der Waals surface area contributed by atoms with E-state index < -0.39 is 0 Å². The Morgan fingerprint density at radius 1 is 1.50 bits per heavy atom. The Hall–Kier alpha value is -1.31. The summed E-state index contributed by atoms with van der Waals surface area (Å²) in [5.74, 6) is 0.741. The zero-order valence-electron chi connectivity index (χ0n) is 13.2. The van der Waals surface area contributed by atoms with E-state index in [9.17, 15) is 4.79 Å².